The minimum atomic E-state index is 0.0157. The fourth-order valence-corrected chi connectivity index (χ4v) is 2.80. The van der Waals surface area contributed by atoms with Crippen molar-refractivity contribution in [2.75, 3.05) is 19.6 Å². The van der Waals surface area contributed by atoms with Crippen molar-refractivity contribution in [3.05, 3.63) is 35.4 Å². The van der Waals surface area contributed by atoms with Crippen LogP contribution < -0.4 is 5.73 Å². The van der Waals surface area contributed by atoms with Crippen molar-refractivity contribution in [2.45, 2.75) is 32.2 Å². The van der Waals surface area contributed by atoms with Crippen LogP contribution in [0.25, 0.3) is 0 Å². The molecule has 1 atom stereocenters. The zero-order valence-electron chi connectivity index (χ0n) is 10.4. The number of aryl methyl sites for hydroxylation is 1. The van der Waals surface area contributed by atoms with E-state index >= 15 is 0 Å². The minimum absolute atomic E-state index is 0.0157. The molecule has 2 heteroatoms. The number of rotatable bonds is 3. The Labute approximate surface area is 98.4 Å². The molecule has 0 aromatic heterocycles. The number of hydrogen-bond donors (Lipinski definition) is 1. The van der Waals surface area contributed by atoms with E-state index < -0.39 is 0 Å². The largest absolute Gasteiger partial charge is 0.328 e. The Kier molecular flexibility index (Phi) is 3.31. The first-order chi connectivity index (χ1) is 7.68. The molecule has 0 amide bonds. The van der Waals surface area contributed by atoms with Crippen LogP contribution in [-0.4, -0.2) is 24.5 Å². The number of hydrogen-bond acceptors (Lipinski definition) is 2. The van der Waals surface area contributed by atoms with Crippen molar-refractivity contribution in [1.82, 2.24) is 4.90 Å². The number of nitrogens with two attached hydrogens (primary N) is 1. The summed E-state index contributed by atoms with van der Waals surface area (Å²) in [6.07, 6.45) is 2.61. The third-order valence-corrected chi connectivity index (χ3v) is 3.93. The van der Waals surface area contributed by atoms with Gasteiger partial charge in [-0.05, 0) is 50.9 Å². The molecule has 1 fully saturated rings. The molecule has 0 bridgehead atoms. The van der Waals surface area contributed by atoms with Crippen molar-refractivity contribution < 1.29 is 0 Å². The van der Waals surface area contributed by atoms with Gasteiger partial charge in [0, 0.05) is 6.54 Å². The Morgan fingerprint density at radius 1 is 1.25 bits per heavy atom. The predicted octanol–water partition coefficient (Wildman–Crippen LogP) is 2.26. The summed E-state index contributed by atoms with van der Waals surface area (Å²) < 4.78 is 0. The lowest BCUT2D eigenvalue weighted by Crippen LogP contribution is -2.48. The van der Waals surface area contributed by atoms with Crippen LogP contribution in [0.2, 0.25) is 0 Å². The van der Waals surface area contributed by atoms with Gasteiger partial charge in [0.2, 0.25) is 0 Å². The molecule has 1 unspecified atom stereocenters. The van der Waals surface area contributed by atoms with E-state index in [1.165, 1.54) is 37.1 Å². The van der Waals surface area contributed by atoms with Gasteiger partial charge < -0.3 is 5.73 Å². The third-order valence-electron chi connectivity index (χ3n) is 3.93. The molecule has 2 nitrogen and oxygen atoms in total. The molecule has 1 aliphatic heterocycles. The molecule has 1 aliphatic rings. The topological polar surface area (TPSA) is 29.3 Å². The van der Waals surface area contributed by atoms with Gasteiger partial charge >= 0.3 is 0 Å². The van der Waals surface area contributed by atoms with Gasteiger partial charge in [-0.1, -0.05) is 24.3 Å². The second-order valence-corrected chi connectivity index (χ2v) is 4.99. The van der Waals surface area contributed by atoms with Crippen LogP contribution in [0.1, 0.15) is 30.9 Å². The maximum Gasteiger partial charge on any atom is 0.0557 e. The Balaban J connectivity index is 2.37. The van der Waals surface area contributed by atoms with Crippen LogP contribution in [0, 0.1) is 6.92 Å². The summed E-state index contributed by atoms with van der Waals surface area (Å²) >= 11 is 0. The van der Waals surface area contributed by atoms with Crippen LogP contribution in [0.5, 0.6) is 0 Å². The van der Waals surface area contributed by atoms with Crippen LogP contribution in [-0.2, 0) is 5.54 Å². The number of benzene rings is 1. The normalized spacial score (nSPS) is 20.9. The van der Waals surface area contributed by atoms with Gasteiger partial charge in [0.25, 0.3) is 0 Å². The molecule has 1 saturated heterocycles. The monoisotopic (exact) mass is 218 g/mol. The van der Waals surface area contributed by atoms with Crippen molar-refractivity contribution in [3.8, 4) is 0 Å². The maximum atomic E-state index is 6.05. The zero-order valence-corrected chi connectivity index (χ0v) is 10.4. The summed E-state index contributed by atoms with van der Waals surface area (Å²) in [5.74, 6) is 0. The van der Waals surface area contributed by atoms with Crippen molar-refractivity contribution in [1.29, 1.82) is 0 Å². The van der Waals surface area contributed by atoms with Gasteiger partial charge in [0.05, 0.1) is 5.54 Å². The molecule has 0 radical (unpaired) electrons. The van der Waals surface area contributed by atoms with Crippen molar-refractivity contribution in [3.63, 3.8) is 0 Å². The lowest BCUT2D eigenvalue weighted by Gasteiger charge is -2.39. The maximum absolute atomic E-state index is 6.05. The fraction of sp³-hybridized carbons (Fsp3) is 0.571. The van der Waals surface area contributed by atoms with Gasteiger partial charge in [-0.25, -0.2) is 0 Å². The molecular weight excluding hydrogens is 196 g/mol. The number of likely N-dealkylation sites (tertiary alicyclic amines) is 1. The summed E-state index contributed by atoms with van der Waals surface area (Å²) in [5, 5.41) is 0. The van der Waals surface area contributed by atoms with E-state index in [0.717, 1.165) is 0 Å². The molecule has 2 N–H and O–H groups in total. The van der Waals surface area contributed by atoms with Crippen molar-refractivity contribution in [2.24, 2.45) is 5.73 Å². The molecule has 2 rings (SSSR count). The molecule has 0 spiro atoms. The molecule has 1 heterocycles. The minimum Gasteiger partial charge on any atom is -0.328 e. The van der Waals surface area contributed by atoms with Crippen LogP contribution in [0.4, 0.5) is 0 Å². The fourth-order valence-electron chi connectivity index (χ4n) is 2.80. The summed E-state index contributed by atoms with van der Waals surface area (Å²) in [5.41, 5.74) is 8.80. The van der Waals surface area contributed by atoms with E-state index in [1.807, 2.05) is 0 Å². The molecule has 0 saturated carbocycles. The highest BCUT2D eigenvalue weighted by Crippen LogP contribution is 2.32. The summed E-state index contributed by atoms with van der Waals surface area (Å²) in [7, 11) is 0. The Hall–Kier alpha value is -0.860. The van der Waals surface area contributed by atoms with Crippen LogP contribution >= 0.6 is 0 Å². The predicted molar refractivity (Wildman–Crippen MR) is 68.4 cm³/mol. The second-order valence-electron chi connectivity index (χ2n) is 4.99. The first kappa shape index (κ1) is 11.6. The van der Waals surface area contributed by atoms with E-state index in [2.05, 4.69) is 43.0 Å². The smallest absolute Gasteiger partial charge is 0.0557 e. The van der Waals surface area contributed by atoms with Crippen LogP contribution in [0.3, 0.4) is 0 Å². The van der Waals surface area contributed by atoms with E-state index in [-0.39, 0.29) is 5.54 Å². The Morgan fingerprint density at radius 3 is 2.44 bits per heavy atom. The first-order valence-electron chi connectivity index (χ1n) is 6.20. The molecule has 88 valence electrons. The quantitative estimate of drug-likeness (QED) is 0.843. The van der Waals surface area contributed by atoms with Gasteiger partial charge in [0.1, 0.15) is 0 Å². The molecule has 16 heavy (non-hydrogen) atoms. The third kappa shape index (κ3) is 1.87. The van der Waals surface area contributed by atoms with Gasteiger partial charge in [-0.3, -0.25) is 4.90 Å². The second kappa shape index (κ2) is 4.56. The lowest BCUT2D eigenvalue weighted by molar-refractivity contribution is 0.142. The molecule has 0 aliphatic carbocycles. The average Bonchev–Trinajstić information content (AvgIpc) is 2.82. The van der Waals surface area contributed by atoms with Crippen LogP contribution in [0.15, 0.2) is 24.3 Å². The highest BCUT2D eigenvalue weighted by molar-refractivity contribution is 5.33. The van der Waals surface area contributed by atoms with E-state index in [1.54, 1.807) is 0 Å². The van der Waals surface area contributed by atoms with Crippen molar-refractivity contribution >= 4 is 0 Å². The lowest BCUT2D eigenvalue weighted by atomic mass is 9.87. The molecule has 1 aromatic carbocycles. The van der Waals surface area contributed by atoms with Gasteiger partial charge in [-0.2, -0.15) is 0 Å². The molecule has 1 aromatic rings. The van der Waals surface area contributed by atoms with Gasteiger partial charge in [-0.15, -0.1) is 0 Å². The molecular formula is C14H22N2. The van der Waals surface area contributed by atoms with Gasteiger partial charge in [0.15, 0.2) is 0 Å². The zero-order chi connectivity index (χ0) is 11.6. The number of nitrogens with zero attached hydrogens (tertiary/aromatic N) is 1. The Morgan fingerprint density at radius 2 is 1.88 bits per heavy atom. The first-order valence-corrected chi connectivity index (χ1v) is 6.20. The highest BCUT2D eigenvalue weighted by Gasteiger charge is 2.34. The Bertz CT molecular complexity index is 356. The summed E-state index contributed by atoms with van der Waals surface area (Å²) in [4.78, 5) is 2.54. The summed E-state index contributed by atoms with van der Waals surface area (Å²) in [6.45, 7) is 7.52. The van der Waals surface area contributed by atoms with E-state index in [9.17, 15) is 0 Å². The average molecular weight is 218 g/mol. The highest BCUT2D eigenvalue weighted by atomic mass is 15.2. The van der Waals surface area contributed by atoms with E-state index in [0.29, 0.717) is 6.54 Å². The standard InChI is InChI=1S/C14H22N2/c1-12-7-3-4-8-13(12)14(2,11-15)16-9-5-6-10-16/h3-4,7-8H,5-6,9-11,15H2,1-2H3. The summed E-state index contributed by atoms with van der Waals surface area (Å²) in [6, 6.07) is 8.62. The van der Waals surface area contributed by atoms with E-state index in [4.69, 9.17) is 5.73 Å². The SMILES string of the molecule is Cc1ccccc1C(C)(CN)N1CCCC1.